The molecule has 0 saturated carbocycles. The van der Waals surface area contributed by atoms with Crippen molar-refractivity contribution in [2.24, 2.45) is 0 Å². The normalized spacial score (nSPS) is 20.8. The molecule has 98 valence electrons. The van der Waals surface area contributed by atoms with Crippen molar-refractivity contribution in [3.63, 3.8) is 0 Å². The molecule has 2 unspecified atom stereocenters. The van der Waals surface area contributed by atoms with Crippen molar-refractivity contribution in [2.45, 2.75) is 24.1 Å². The fourth-order valence-corrected chi connectivity index (χ4v) is 3.28. The number of para-hydroxylation sites is 2. The Balaban J connectivity index is 0.00000120. The van der Waals surface area contributed by atoms with E-state index in [1.165, 1.54) is 0 Å². The van der Waals surface area contributed by atoms with Gasteiger partial charge < -0.3 is 9.73 Å². The fourth-order valence-electron chi connectivity index (χ4n) is 2.10. The quantitative estimate of drug-likeness (QED) is 0.939. The Morgan fingerprint density at radius 3 is 3.00 bits per heavy atom. The van der Waals surface area contributed by atoms with Gasteiger partial charge in [-0.15, -0.1) is 12.4 Å². The van der Waals surface area contributed by atoms with Gasteiger partial charge >= 0.3 is 0 Å². The smallest absolute Gasteiger partial charge is 0.287 e. The van der Waals surface area contributed by atoms with Crippen molar-refractivity contribution in [2.75, 3.05) is 12.3 Å². The van der Waals surface area contributed by atoms with E-state index >= 15 is 0 Å². The first-order chi connectivity index (χ1) is 8.33. The third kappa shape index (κ3) is 2.74. The van der Waals surface area contributed by atoms with Crippen LogP contribution in [-0.4, -0.2) is 27.5 Å². The third-order valence-electron chi connectivity index (χ3n) is 2.98. The Morgan fingerprint density at radius 2 is 2.28 bits per heavy atom. The summed E-state index contributed by atoms with van der Waals surface area (Å²) in [6, 6.07) is 7.84. The van der Waals surface area contributed by atoms with Gasteiger partial charge in [-0.05, 0) is 31.5 Å². The average Bonchev–Trinajstić information content (AvgIpc) is 2.96. The van der Waals surface area contributed by atoms with Crippen LogP contribution in [0, 0.1) is 0 Å². The molecule has 2 atom stereocenters. The highest BCUT2D eigenvalue weighted by molar-refractivity contribution is 7.84. The lowest BCUT2D eigenvalue weighted by Gasteiger charge is -2.06. The molecule has 1 aliphatic heterocycles. The lowest BCUT2D eigenvalue weighted by molar-refractivity contribution is 0.476. The minimum atomic E-state index is -1.15. The number of halogens is 1. The number of hydrogen-bond acceptors (Lipinski definition) is 4. The minimum absolute atomic E-state index is 0. The van der Waals surface area contributed by atoms with Gasteiger partial charge in [-0.2, -0.15) is 0 Å². The van der Waals surface area contributed by atoms with Crippen molar-refractivity contribution < 1.29 is 8.63 Å². The topological polar surface area (TPSA) is 55.1 Å². The van der Waals surface area contributed by atoms with Gasteiger partial charge in [0.2, 0.25) is 0 Å². The maximum absolute atomic E-state index is 12.1. The summed E-state index contributed by atoms with van der Waals surface area (Å²) in [6.07, 6.45) is 2.25. The summed E-state index contributed by atoms with van der Waals surface area (Å²) in [5.41, 5.74) is 1.48. The molecule has 0 bridgehead atoms. The van der Waals surface area contributed by atoms with Crippen LogP contribution in [-0.2, 0) is 10.8 Å². The lowest BCUT2D eigenvalue weighted by Crippen LogP contribution is -2.27. The Hall–Kier alpha value is -0.910. The van der Waals surface area contributed by atoms with Crippen molar-refractivity contribution in [1.82, 2.24) is 10.3 Å². The van der Waals surface area contributed by atoms with Crippen LogP contribution in [0.5, 0.6) is 0 Å². The van der Waals surface area contributed by atoms with E-state index in [4.69, 9.17) is 4.42 Å². The van der Waals surface area contributed by atoms with Gasteiger partial charge in [-0.1, -0.05) is 12.1 Å². The van der Waals surface area contributed by atoms with Gasteiger partial charge in [0.15, 0.2) is 5.58 Å². The molecule has 3 rings (SSSR count). The lowest BCUT2D eigenvalue weighted by atomic mass is 10.3. The first-order valence-corrected chi connectivity index (χ1v) is 7.12. The summed E-state index contributed by atoms with van der Waals surface area (Å²) in [6.45, 7) is 1.02. The number of fused-ring (bicyclic) bond motifs is 1. The predicted octanol–water partition coefficient (Wildman–Crippen LogP) is 2.11. The monoisotopic (exact) mass is 286 g/mol. The van der Waals surface area contributed by atoms with Gasteiger partial charge in [0.1, 0.15) is 16.3 Å². The maximum Gasteiger partial charge on any atom is 0.287 e. The highest BCUT2D eigenvalue weighted by Crippen LogP contribution is 2.18. The minimum Gasteiger partial charge on any atom is -0.430 e. The van der Waals surface area contributed by atoms with Crippen LogP contribution >= 0.6 is 12.4 Å². The zero-order valence-corrected chi connectivity index (χ0v) is 11.4. The standard InChI is InChI=1S/C12H14N2O2S.ClH/c15-17(8-9-4-3-7-13-9)12-14-10-5-1-2-6-11(10)16-12;/h1-2,5-6,9,13H,3-4,7-8H2;1H. The molecule has 1 N–H and O–H groups in total. The fraction of sp³-hybridized carbons (Fsp3) is 0.417. The molecule has 1 aliphatic rings. The molecule has 1 aromatic carbocycles. The van der Waals surface area contributed by atoms with Crippen molar-refractivity contribution in [3.8, 4) is 0 Å². The molecule has 2 heterocycles. The van der Waals surface area contributed by atoms with Crippen LogP contribution in [0.2, 0.25) is 0 Å². The number of nitrogens with zero attached hydrogens (tertiary/aromatic N) is 1. The Bertz CT molecular complexity index is 519. The summed E-state index contributed by atoms with van der Waals surface area (Å²) in [7, 11) is -1.15. The van der Waals surface area contributed by atoms with Gasteiger partial charge in [0.05, 0.1) is 0 Å². The summed E-state index contributed by atoms with van der Waals surface area (Å²) in [4.78, 5) is 4.26. The molecule has 1 aromatic heterocycles. The molecule has 0 aliphatic carbocycles. The number of nitrogens with one attached hydrogen (secondary N) is 1. The summed E-state index contributed by atoms with van der Waals surface area (Å²) < 4.78 is 17.6. The van der Waals surface area contributed by atoms with Crippen LogP contribution in [0.1, 0.15) is 12.8 Å². The van der Waals surface area contributed by atoms with Crippen LogP contribution in [0.3, 0.4) is 0 Å². The maximum atomic E-state index is 12.1. The zero-order valence-electron chi connectivity index (χ0n) is 9.80. The molecule has 0 amide bonds. The van der Waals surface area contributed by atoms with Crippen molar-refractivity contribution >= 4 is 34.3 Å². The van der Waals surface area contributed by atoms with Crippen LogP contribution in [0.4, 0.5) is 0 Å². The molecular formula is C12H15ClN2O2S. The summed E-state index contributed by atoms with van der Waals surface area (Å²) >= 11 is 0. The van der Waals surface area contributed by atoms with Gasteiger partial charge in [0, 0.05) is 11.8 Å². The predicted molar refractivity (Wildman–Crippen MR) is 73.6 cm³/mol. The molecule has 0 spiro atoms. The Morgan fingerprint density at radius 1 is 1.44 bits per heavy atom. The van der Waals surface area contributed by atoms with Gasteiger partial charge in [0.25, 0.3) is 5.22 Å². The van der Waals surface area contributed by atoms with E-state index in [1.807, 2.05) is 24.3 Å². The molecule has 2 aromatic rings. The van der Waals surface area contributed by atoms with E-state index in [9.17, 15) is 4.21 Å². The molecule has 4 nitrogen and oxygen atoms in total. The molecule has 1 saturated heterocycles. The second-order valence-corrected chi connectivity index (χ2v) is 5.63. The summed E-state index contributed by atoms with van der Waals surface area (Å²) in [5.74, 6) is 0.590. The number of hydrogen-bond donors (Lipinski definition) is 1. The largest absolute Gasteiger partial charge is 0.430 e. The van der Waals surface area contributed by atoms with E-state index in [2.05, 4.69) is 10.3 Å². The SMILES string of the molecule is Cl.O=S(CC1CCCN1)c1nc2ccccc2o1. The first kappa shape index (κ1) is 13.5. The van der Waals surface area contributed by atoms with Crippen LogP contribution in [0.25, 0.3) is 11.1 Å². The first-order valence-electron chi connectivity index (χ1n) is 5.80. The van der Waals surface area contributed by atoms with Crippen molar-refractivity contribution in [3.05, 3.63) is 24.3 Å². The van der Waals surface area contributed by atoms with E-state index in [0.29, 0.717) is 22.6 Å². The number of benzene rings is 1. The van der Waals surface area contributed by atoms with E-state index in [0.717, 1.165) is 24.9 Å². The molecular weight excluding hydrogens is 272 g/mol. The zero-order chi connectivity index (χ0) is 11.7. The number of aromatic nitrogens is 1. The number of rotatable bonds is 3. The number of oxazole rings is 1. The third-order valence-corrected chi connectivity index (χ3v) is 4.25. The Kier molecular flexibility index (Phi) is 4.37. The van der Waals surface area contributed by atoms with Crippen molar-refractivity contribution in [1.29, 1.82) is 0 Å². The van der Waals surface area contributed by atoms with Gasteiger partial charge in [-0.25, -0.2) is 9.19 Å². The Labute approximate surface area is 114 Å². The average molecular weight is 287 g/mol. The highest BCUT2D eigenvalue weighted by atomic mass is 35.5. The summed E-state index contributed by atoms with van der Waals surface area (Å²) in [5, 5.41) is 3.68. The van der Waals surface area contributed by atoms with Crippen LogP contribution in [0.15, 0.2) is 33.9 Å². The molecule has 6 heteroatoms. The molecule has 1 fully saturated rings. The van der Waals surface area contributed by atoms with E-state index < -0.39 is 10.8 Å². The highest BCUT2D eigenvalue weighted by Gasteiger charge is 2.20. The molecule has 18 heavy (non-hydrogen) atoms. The van der Waals surface area contributed by atoms with E-state index in [-0.39, 0.29) is 12.4 Å². The van der Waals surface area contributed by atoms with E-state index in [1.54, 1.807) is 0 Å². The van der Waals surface area contributed by atoms with Crippen LogP contribution < -0.4 is 5.32 Å². The second kappa shape index (κ2) is 5.82. The molecule has 0 radical (unpaired) electrons. The second-order valence-electron chi connectivity index (χ2n) is 4.25. The van der Waals surface area contributed by atoms with Gasteiger partial charge in [-0.3, -0.25) is 0 Å².